The van der Waals surface area contributed by atoms with Crippen LogP contribution in [0.2, 0.25) is 0 Å². The molecule has 0 unspecified atom stereocenters. The average Bonchev–Trinajstić information content (AvgIpc) is 2.41. The summed E-state index contributed by atoms with van der Waals surface area (Å²) in [6.07, 6.45) is 0. The summed E-state index contributed by atoms with van der Waals surface area (Å²) in [5.41, 5.74) is 8.15. The number of nitrogens with two attached hydrogens (primary N) is 1. The predicted molar refractivity (Wildman–Crippen MR) is 87.3 cm³/mol. The molecule has 0 fully saturated rings. The van der Waals surface area contributed by atoms with E-state index in [4.69, 9.17) is 10.5 Å². The monoisotopic (exact) mass is 333 g/mol. The van der Waals surface area contributed by atoms with Gasteiger partial charge < -0.3 is 10.5 Å². The van der Waals surface area contributed by atoms with Crippen LogP contribution in [0.5, 0.6) is 11.5 Å². The molecule has 2 rings (SSSR count). The maximum atomic E-state index is 6.00. The first-order valence-corrected chi connectivity index (χ1v) is 7.59. The first-order valence-electron chi connectivity index (χ1n) is 6.80. The second-order valence-corrected chi connectivity index (χ2v) is 6.21. The van der Waals surface area contributed by atoms with E-state index in [1.165, 1.54) is 5.56 Å². The third-order valence-electron chi connectivity index (χ3n) is 3.23. The fraction of sp³-hybridized carbons (Fsp3) is 0.294. The molecule has 0 aliphatic carbocycles. The SMILES string of the molecule is CC(C)c1cc(Br)ccc1Oc1ccc([C@@H](C)N)cc1. The van der Waals surface area contributed by atoms with Crippen molar-refractivity contribution in [2.45, 2.75) is 32.7 Å². The Hall–Kier alpha value is -1.32. The van der Waals surface area contributed by atoms with Gasteiger partial charge in [0.15, 0.2) is 0 Å². The Kier molecular flexibility index (Phi) is 4.84. The minimum atomic E-state index is 0.0444. The van der Waals surface area contributed by atoms with Crippen LogP contribution in [-0.4, -0.2) is 0 Å². The summed E-state index contributed by atoms with van der Waals surface area (Å²) in [6, 6.07) is 14.1. The lowest BCUT2D eigenvalue weighted by Crippen LogP contribution is -2.04. The third-order valence-corrected chi connectivity index (χ3v) is 3.72. The van der Waals surface area contributed by atoms with E-state index >= 15 is 0 Å². The van der Waals surface area contributed by atoms with Gasteiger partial charge in [0.25, 0.3) is 0 Å². The lowest BCUT2D eigenvalue weighted by molar-refractivity contribution is 0.472. The van der Waals surface area contributed by atoms with Crippen LogP contribution < -0.4 is 10.5 Å². The standard InChI is InChI=1S/C17H20BrNO/c1-11(2)16-10-14(18)6-9-17(16)20-15-7-4-13(5-8-15)12(3)19/h4-12H,19H2,1-3H3/t12-/m1/s1. The molecule has 2 nitrogen and oxygen atoms in total. The lowest BCUT2D eigenvalue weighted by Gasteiger charge is -2.15. The molecule has 0 saturated carbocycles. The Labute approximate surface area is 129 Å². The van der Waals surface area contributed by atoms with Gasteiger partial charge in [-0.2, -0.15) is 0 Å². The third kappa shape index (κ3) is 3.62. The van der Waals surface area contributed by atoms with Crippen molar-refractivity contribution in [3.8, 4) is 11.5 Å². The van der Waals surface area contributed by atoms with E-state index in [1.54, 1.807) is 0 Å². The Morgan fingerprint density at radius 1 is 1.00 bits per heavy atom. The van der Waals surface area contributed by atoms with Crippen LogP contribution in [0.25, 0.3) is 0 Å². The second-order valence-electron chi connectivity index (χ2n) is 5.30. The summed E-state index contributed by atoms with van der Waals surface area (Å²) >= 11 is 3.51. The fourth-order valence-electron chi connectivity index (χ4n) is 2.03. The fourth-order valence-corrected chi connectivity index (χ4v) is 2.41. The van der Waals surface area contributed by atoms with Crippen LogP contribution in [0.3, 0.4) is 0 Å². The number of halogens is 1. The Balaban J connectivity index is 2.25. The van der Waals surface area contributed by atoms with Crippen molar-refractivity contribution in [2.24, 2.45) is 5.73 Å². The van der Waals surface area contributed by atoms with Gasteiger partial charge in [-0.25, -0.2) is 0 Å². The normalized spacial score (nSPS) is 12.5. The summed E-state index contributed by atoms with van der Waals surface area (Å²) in [5, 5.41) is 0. The van der Waals surface area contributed by atoms with Crippen molar-refractivity contribution in [3.63, 3.8) is 0 Å². The second kappa shape index (κ2) is 6.42. The molecule has 0 bridgehead atoms. The molecule has 2 N–H and O–H groups in total. The van der Waals surface area contributed by atoms with Gasteiger partial charge in [0.2, 0.25) is 0 Å². The summed E-state index contributed by atoms with van der Waals surface area (Å²) in [5.74, 6) is 2.14. The van der Waals surface area contributed by atoms with Crippen molar-refractivity contribution < 1.29 is 4.74 Å². The molecule has 0 amide bonds. The molecule has 106 valence electrons. The highest BCUT2D eigenvalue weighted by molar-refractivity contribution is 9.10. The highest BCUT2D eigenvalue weighted by Crippen LogP contribution is 2.33. The molecule has 2 aromatic rings. The van der Waals surface area contributed by atoms with Crippen LogP contribution in [0.4, 0.5) is 0 Å². The number of hydrogen-bond acceptors (Lipinski definition) is 2. The van der Waals surface area contributed by atoms with Crippen LogP contribution in [-0.2, 0) is 0 Å². The van der Waals surface area contributed by atoms with E-state index in [1.807, 2.05) is 43.3 Å². The first kappa shape index (κ1) is 15.1. The van der Waals surface area contributed by atoms with Crippen LogP contribution >= 0.6 is 15.9 Å². The molecule has 2 aromatic carbocycles. The van der Waals surface area contributed by atoms with Crippen molar-refractivity contribution in [1.82, 2.24) is 0 Å². The van der Waals surface area contributed by atoms with E-state index in [2.05, 4.69) is 35.8 Å². The first-order chi connectivity index (χ1) is 9.47. The topological polar surface area (TPSA) is 35.2 Å². The van der Waals surface area contributed by atoms with E-state index in [0.717, 1.165) is 21.5 Å². The van der Waals surface area contributed by atoms with Crippen LogP contribution in [0, 0.1) is 0 Å². The van der Waals surface area contributed by atoms with Crippen molar-refractivity contribution >= 4 is 15.9 Å². The summed E-state index contributed by atoms with van der Waals surface area (Å²) in [7, 11) is 0. The summed E-state index contributed by atoms with van der Waals surface area (Å²) in [4.78, 5) is 0. The van der Waals surface area contributed by atoms with E-state index in [-0.39, 0.29) is 6.04 Å². The molecule has 1 atom stereocenters. The summed E-state index contributed by atoms with van der Waals surface area (Å²) < 4.78 is 7.07. The number of ether oxygens (including phenoxy) is 1. The van der Waals surface area contributed by atoms with E-state index in [9.17, 15) is 0 Å². The van der Waals surface area contributed by atoms with Crippen molar-refractivity contribution in [2.75, 3.05) is 0 Å². The zero-order valence-corrected chi connectivity index (χ0v) is 13.6. The number of rotatable bonds is 4. The molecule has 0 aliphatic heterocycles. The Bertz CT molecular complexity index is 576. The van der Waals surface area contributed by atoms with E-state index < -0.39 is 0 Å². The lowest BCUT2D eigenvalue weighted by atomic mass is 10.0. The molecule has 0 heterocycles. The largest absolute Gasteiger partial charge is 0.457 e. The summed E-state index contributed by atoms with van der Waals surface area (Å²) in [6.45, 7) is 6.29. The van der Waals surface area contributed by atoms with Crippen LogP contribution in [0.1, 0.15) is 43.9 Å². The minimum Gasteiger partial charge on any atom is -0.457 e. The van der Waals surface area contributed by atoms with Crippen molar-refractivity contribution in [1.29, 1.82) is 0 Å². The molecule has 0 saturated heterocycles. The highest BCUT2D eigenvalue weighted by Gasteiger charge is 2.09. The molecule has 3 heteroatoms. The van der Waals surface area contributed by atoms with E-state index in [0.29, 0.717) is 5.92 Å². The minimum absolute atomic E-state index is 0.0444. The molecule has 0 spiro atoms. The van der Waals surface area contributed by atoms with Gasteiger partial charge in [0, 0.05) is 10.5 Å². The van der Waals surface area contributed by atoms with Gasteiger partial charge in [0.05, 0.1) is 0 Å². The van der Waals surface area contributed by atoms with Gasteiger partial charge in [-0.3, -0.25) is 0 Å². The van der Waals surface area contributed by atoms with Crippen LogP contribution in [0.15, 0.2) is 46.9 Å². The van der Waals surface area contributed by atoms with Crippen molar-refractivity contribution in [3.05, 3.63) is 58.1 Å². The molecule has 0 aromatic heterocycles. The predicted octanol–water partition coefficient (Wildman–Crippen LogP) is 5.38. The zero-order chi connectivity index (χ0) is 14.7. The molecule has 0 aliphatic rings. The van der Waals surface area contributed by atoms with Gasteiger partial charge in [0.1, 0.15) is 11.5 Å². The van der Waals surface area contributed by atoms with Gasteiger partial charge in [-0.05, 0) is 54.3 Å². The zero-order valence-electron chi connectivity index (χ0n) is 12.1. The Morgan fingerprint density at radius 2 is 1.65 bits per heavy atom. The maximum Gasteiger partial charge on any atom is 0.130 e. The average molecular weight is 334 g/mol. The smallest absolute Gasteiger partial charge is 0.130 e. The van der Waals surface area contributed by atoms with Gasteiger partial charge >= 0.3 is 0 Å². The molecular formula is C17H20BrNO. The highest BCUT2D eigenvalue weighted by atomic mass is 79.9. The maximum absolute atomic E-state index is 6.00. The molecular weight excluding hydrogens is 314 g/mol. The quantitative estimate of drug-likeness (QED) is 0.814. The molecule has 0 radical (unpaired) electrons. The molecule has 20 heavy (non-hydrogen) atoms. The number of hydrogen-bond donors (Lipinski definition) is 1. The Morgan fingerprint density at radius 3 is 2.20 bits per heavy atom. The van der Waals surface area contributed by atoms with Gasteiger partial charge in [-0.1, -0.05) is 41.9 Å². The van der Waals surface area contributed by atoms with Gasteiger partial charge in [-0.15, -0.1) is 0 Å². The number of benzene rings is 2.